The van der Waals surface area contributed by atoms with Gasteiger partial charge in [-0.25, -0.2) is 0 Å². The maximum Gasteiger partial charge on any atom is 0.176 e. The average Bonchev–Trinajstić information content (AvgIpc) is 2.47. The number of nitrogens with zero attached hydrogens (tertiary/aromatic N) is 1. The SMILES string of the molecule is O=C(CN1CCC(OCCO)CC1)c1ccc(Br)cc1. The van der Waals surface area contributed by atoms with Crippen molar-refractivity contribution in [2.24, 2.45) is 0 Å². The molecular formula is C15H20BrNO3. The van der Waals surface area contributed by atoms with E-state index in [4.69, 9.17) is 9.84 Å². The van der Waals surface area contributed by atoms with Crippen LogP contribution in [0.15, 0.2) is 28.7 Å². The smallest absolute Gasteiger partial charge is 0.176 e. The number of likely N-dealkylation sites (tertiary alicyclic amines) is 1. The van der Waals surface area contributed by atoms with Gasteiger partial charge >= 0.3 is 0 Å². The van der Waals surface area contributed by atoms with Gasteiger partial charge in [0, 0.05) is 23.1 Å². The first-order valence-electron chi connectivity index (χ1n) is 6.92. The van der Waals surface area contributed by atoms with Gasteiger partial charge in [0.05, 0.1) is 25.9 Å². The molecule has 0 saturated carbocycles. The minimum atomic E-state index is 0.0717. The lowest BCUT2D eigenvalue weighted by atomic mass is 10.1. The largest absolute Gasteiger partial charge is 0.394 e. The summed E-state index contributed by atoms with van der Waals surface area (Å²) < 4.78 is 6.50. The Morgan fingerprint density at radius 1 is 1.30 bits per heavy atom. The number of carbonyl (C=O) groups excluding carboxylic acids is 1. The highest BCUT2D eigenvalue weighted by Gasteiger charge is 2.21. The molecule has 1 heterocycles. The number of halogens is 1. The third kappa shape index (κ3) is 4.66. The second-order valence-corrected chi connectivity index (χ2v) is 5.92. The van der Waals surface area contributed by atoms with E-state index in [2.05, 4.69) is 20.8 Å². The summed E-state index contributed by atoms with van der Waals surface area (Å²) in [5.41, 5.74) is 0.756. The molecule has 0 amide bonds. The number of aliphatic hydroxyl groups is 1. The predicted molar refractivity (Wildman–Crippen MR) is 81.0 cm³/mol. The van der Waals surface area contributed by atoms with Crippen LogP contribution in [0.2, 0.25) is 0 Å². The summed E-state index contributed by atoms with van der Waals surface area (Å²) in [4.78, 5) is 14.3. The van der Waals surface area contributed by atoms with Gasteiger partial charge in [0.25, 0.3) is 0 Å². The Kier molecular flexibility index (Phi) is 6.16. The Labute approximate surface area is 127 Å². The summed E-state index contributed by atoms with van der Waals surface area (Å²) in [5.74, 6) is 0.159. The van der Waals surface area contributed by atoms with Crippen LogP contribution in [-0.4, -0.2) is 54.7 Å². The fourth-order valence-corrected chi connectivity index (χ4v) is 2.65. The second kappa shape index (κ2) is 7.88. The molecule has 20 heavy (non-hydrogen) atoms. The molecule has 1 aromatic rings. The van der Waals surface area contributed by atoms with Crippen molar-refractivity contribution in [1.82, 2.24) is 4.90 Å². The van der Waals surface area contributed by atoms with E-state index in [-0.39, 0.29) is 18.5 Å². The Hall–Kier alpha value is -0.750. The number of piperidine rings is 1. The molecule has 0 bridgehead atoms. The zero-order chi connectivity index (χ0) is 14.4. The first kappa shape index (κ1) is 15.6. The van der Waals surface area contributed by atoms with E-state index >= 15 is 0 Å². The number of aliphatic hydroxyl groups excluding tert-OH is 1. The number of rotatable bonds is 6. The average molecular weight is 342 g/mol. The van der Waals surface area contributed by atoms with E-state index in [9.17, 15) is 4.79 Å². The molecule has 1 aromatic carbocycles. The molecule has 1 aliphatic heterocycles. The number of ketones is 1. The molecular weight excluding hydrogens is 322 g/mol. The topological polar surface area (TPSA) is 49.8 Å². The highest BCUT2D eigenvalue weighted by atomic mass is 79.9. The number of hydrogen-bond donors (Lipinski definition) is 1. The Bertz CT molecular complexity index is 427. The van der Waals surface area contributed by atoms with Crippen molar-refractivity contribution in [1.29, 1.82) is 0 Å². The fraction of sp³-hybridized carbons (Fsp3) is 0.533. The lowest BCUT2D eigenvalue weighted by molar-refractivity contribution is -0.00689. The molecule has 0 spiro atoms. The lowest BCUT2D eigenvalue weighted by Crippen LogP contribution is -2.40. The van der Waals surface area contributed by atoms with E-state index in [0.717, 1.165) is 36.0 Å². The van der Waals surface area contributed by atoms with Crippen LogP contribution in [0.3, 0.4) is 0 Å². The third-order valence-corrected chi connectivity index (χ3v) is 4.04. The highest BCUT2D eigenvalue weighted by Crippen LogP contribution is 2.15. The maximum atomic E-state index is 12.2. The van der Waals surface area contributed by atoms with Crippen LogP contribution in [0, 0.1) is 0 Å². The summed E-state index contributed by atoms with van der Waals surface area (Å²) in [6.45, 7) is 2.69. The summed E-state index contributed by atoms with van der Waals surface area (Å²) in [6.07, 6.45) is 2.07. The van der Waals surface area contributed by atoms with Gasteiger partial charge < -0.3 is 9.84 Å². The molecule has 0 radical (unpaired) electrons. The Morgan fingerprint density at radius 2 is 1.95 bits per heavy atom. The number of ether oxygens (including phenoxy) is 1. The van der Waals surface area contributed by atoms with E-state index < -0.39 is 0 Å². The van der Waals surface area contributed by atoms with Crippen LogP contribution in [0.25, 0.3) is 0 Å². The van der Waals surface area contributed by atoms with E-state index in [0.29, 0.717) is 13.2 Å². The van der Waals surface area contributed by atoms with Crippen LogP contribution < -0.4 is 0 Å². The van der Waals surface area contributed by atoms with E-state index in [1.54, 1.807) is 0 Å². The van der Waals surface area contributed by atoms with E-state index in [1.807, 2.05) is 24.3 Å². The maximum absolute atomic E-state index is 12.2. The summed E-state index contributed by atoms with van der Waals surface area (Å²) in [6, 6.07) is 7.48. The van der Waals surface area contributed by atoms with Crippen LogP contribution in [-0.2, 0) is 4.74 Å². The number of hydrogen-bond acceptors (Lipinski definition) is 4. The van der Waals surface area contributed by atoms with E-state index in [1.165, 1.54) is 0 Å². The normalized spacial score (nSPS) is 17.3. The third-order valence-electron chi connectivity index (χ3n) is 3.51. The van der Waals surface area contributed by atoms with Gasteiger partial charge in [-0.2, -0.15) is 0 Å². The molecule has 2 rings (SSSR count). The van der Waals surface area contributed by atoms with Gasteiger partial charge in [-0.3, -0.25) is 9.69 Å². The van der Waals surface area contributed by atoms with Crippen molar-refractivity contribution in [3.63, 3.8) is 0 Å². The van der Waals surface area contributed by atoms with Crippen molar-refractivity contribution in [2.45, 2.75) is 18.9 Å². The van der Waals surface area contributed by atoms with Crippen LogP contribution >= 0.6 is 15.9 Å². The quantitative estimate of drug-likeness (QED) is 0.805. The van der Waals surface area contributed by atoms with Crippen molar-refractivity contribution >= 4 is 21.7 Å². The molecule has 1 saturated heterocycles. The van der Waals surface area contributed by atoms with Gasteiger partial charge in [-0.15, -0.1) is 0 Å². The molecule has 0 unspecified atom stereocenters. The fourth-order valence-electron chi connectivity index (χ4n) is 2.38. The molecule has 0 aliphatic carbocycles. The minimum Gasteiger partial charge on any atom is -0.394 e. The monoisotopic (exact) mass is 341 g/mol. The van der Waals surface area contributed by atoms with Crippen LogP contribution in [0.1, 0.15) is 23.2 Å². The Balaban J connectivity index is 1.77. The number of benzene rings is 1. The summed E-state index contributed by atoms with van der Waals surface area (Å²) in [5, 5.41) is 8.73. The molecule has 5 heteroatoms. The first-order valence-corrected chi connectivity index (χ1v) is 7.72. The molecule has 0 atom stereocenters. The van der Waals surface area contributed by atoms with Gasteiger partial charge in [0.15, 0.2) is 5.78 Å². The standard InChI is InChI=1S/C15H20BrNO3/c16-13-3-1-12(2-4-13)15(19)11-17-7-5-14(6-8-17)20-10-9-18/h1-4,14,18H,5-11H2. The zero-order valence-corrected chi connectivity index (χ0v) is 13.0. The zero-order valence-electron chi connectivity index (χ0n) is 11.4. The van der Waals surface area contributed by atoms with Crippen LogP contribution in [0.5, 0.6) is 0 Å². The highest BCUT2D eigenvalue weighted by molar-refractivity contribution is 9.10. The minimum absolute atomic E-state index is 0.0717. The van der Waals surface area contributed by atoms with Gasteiger partial charge in [0.2, 0.25) is 0 Å². The predicted octanol–water partition coefficient (Wildman–Crippen LogP) is 2.11. The molecule has 1 N–H and O–H groups in total. The van der Waals surface area contributed by atoms with Crippen molar-refractivity contribution in [2.75, 3.05) is 32.8 Å². The van der Waals surface area contributed by atoms with Crippen LogP contribution in [0.4, 0.5) is 0 Å². The second-order valence-electron chi connectivity index (χ2n) is 5.00. The lowest BCUT2D eigenvalue weighted by Gasteiger charge is -2.31. The van der Waals surface area contributed by atoms with Gasteiger partial charge in [0.1, 0.15) is 0 Å². The molecule has 4 nitrogen and oxygen atoms in total. The molecule has 1 aliphatic rings. The summed E-state index contributed by atoms with van der Waals surface area (Å²) >= 11 is 3.37. The number of carbonyl (C=O) groups is 1. The van der Waals surface area contributed by atoms with Gasteiger partial charge in [-0.05, 0) is 25.0 Å². The molecule has 110 valence electrons. The summed E-state index contributed by atoms with van der Waals surface area (Å²) in [7, 11) is 0. The molecule has 1 fully saturated rings. The van der Waals surface area contributed by atoms with Crippen molar-refractivity contribution < 1.29 is 14.6 Å². The van der Waals surface area contributed by atoms with Gasteiger partial charge in [-0.1, -0.05) is 28.1 Å². The Morgan fingerprint density at radius 3 is 2.55 bits per heavy atom. The molecule has 0 aromatic heterocycles. The van der Waals surface area contributed by atoms with Crippen molar-refractivity contribution in [3.05, 3.63) is 34.3 Å². The van der Waals surface area contributed by atoms with Crippen molar-refractivity contribution in [3.8, 4) is 0 Å². The first-order chi connectivity index (χ1) is 9.69. The number of Topliss-reactive ketones (excluding diaryl/α,β-unsaturated/α-hetero) is 1.